The minimum atomic E-state index is -0.190. The summed E-state index contributed by atoms with van der Waals surface area (Å²) >= 11 is 0. The van der Waals surface area contributed by atoms with Crippen molar-refractivity contribution in [1.29, 1.82) is 0 Å². The summed E-state index contributed by atoms with van der Waals surface area (Å²) in [5.41, 5.74) is 0. The van der Waals surface area contributed by atoms with Crippen LogP contribution in [0.2, 0.25) is 0 Å². The van der Waals surface area contributed by atoms with Gasteiger partial charge in [0.05, 0.1) is 13.2 Å². The van der Waals surface area contributed by atoms with Crippen LogP contribution in [0.4, 0.5) is 0 Å². The number of nitrogens with one attached hydrogen (secondary N) is 2. The van der Waals surface area contributed by atoms with Gasteiger partial charge in [-0.2, -0.15) is 0 Å². The Labute approximate surface area is 153 Å². The van der Waals surface area contributed by atoms with Gasteiger partial charge < -0.3 is 20.1 Å². The van der Waals surface area contributed by atoms with Gasteiger partial charge in [0.15, 0.2) is 5.79 Å². The molecule has 5 heteroatoms. The van der Waals surface area contributed by atoms with Crippen LogP contribution in [-0.2, 0) is 14.3 Å². The smallest absolute Gasteiger partial charge is 0.168 e. The zero-order chi connectivity index (χ0) is 18.0. The van der Waals surface area contributed by atoms with Crippen LogP contribution in [0.1, 0.15) is 78.1 Å². The minimum absolute atomic E-state index is 0.190. The van der Waals surface area contributed by atoms with E-state index in [9.17, 15) is 4.79 Å². The van der Waals surface area contributed by atoms with Crippen LogP contribution in [0.3, 0.4) is 0 Å². The number of hydrogen-bond acceptors (Lipinski definition) is 5. The number of rotatable bonds is 6. The van der Waals surface area contributed by atoms with Crippen LogP contribution in [0, 0.1) is 0 Å². The van der Waals surface area contributed by atoms with E-state index >= 15 is 0 Å². The molecule has 3 rings (SSSR count). The van der Waals surface area contributed by atoms with E-state index in [1.807, 2.05) is 0 Å². The molecule has 0 bridgehead atoms. The average Bonchev–Trinajstić information content (AvgIpc) is 3.10. The number of ether oxygens (including phenoxy) is 2. The van der Waals surface area contributed by atoms with E-state index < -0.39 is 0 Å². The Kier molecular flexibility index (Phi) is 9.39. The lowest BCUT2D eigenvalue weighted by Crippen LogP contribution is -2.42. The van der Waals surface area contributed by atoms with Crippen molar-refractivity contribution in [2.24, 2.45) is 0 Å². The molecule has 2 saturated carbocycles. The lowest BCUT2D eigenvalue weighted by Gasteiger charge is -2.35. The van der Waals surface area contributed by atoms with Crippen molar-refractivity contribution in [3.05, 3.63) is 0 Å². The summed E-state index contributed by atoms with van der Waals surface area (Å²) in [7, 11) is 0. The first kappa shape index (κ1) is 20.8. The van der Waals surface area contributed by atoms with Crippen LogP contribution in [-0.4, -0.2) is 50.0 Å². The zero-order valence-electron chi connectivity index (χ0n) is 16.3. The molecule has 0 radical (unpaired) electrons. The van der Waals surface area contributed by atoms with Crippen LogP contribution in [0.25, 0.3) is 0 Å². The molecule has 3 fully saturated rings. The molecular weight excluding hydrogens is 316 g/mol. The fraction of sp³-hybridized carbons (Fsp3) is 0.950. The molecule has 25 heavy (non-hydrogen) atoms. The van der Waals surface area contributed by atoms with Gasteiger partial charge in [-0.3, -0.25) is 4.79 Å². The molecule has 1 aliphatic heterocycles. The third-order valence-corrected chi connectivity index (χ3v) is 5.47. The number of carbonyl (C=O) groups is 1. The predicted octanol–water partition coefficient (Wildman–Crippen LogP) is 3.17. The van der Waals surface area contributed by atoms with Gasteiger partial charge in [-0.25, -0.2) is 0 Å². The van der Waals surface area contributed by atoms with Crippen molar-refractivity contribution >= 4 is 5.78 Å². The van der Waals surface area contributed by atoms with Gasteiger partial charge in [0, 0.05) is 37.8 Å². The van der Waals surface area contributed by atoms with Crippen molar-refractivity contribution < 1.29 is 14.3 Å². The predicted molar refractivity (Wildman–Crippen MR) is 101 cm³/mol. The second-order valence-corrected chi connectivity index (χ2v) is 7.60. The molecule has 146 valence electrons. The zero-order valence-corrected chi connectivity index (χ0v) is 16.3. The molecule has 0 atom stereocenters. The van der Waals surface area contributed by atoms with Crippen LogP contribution in [0.15, 0.2) is 0 Å². The molecule has 3 aliphatic rings. The SMILES string of the molecule is CCCNC1CCC(=O)CC1.CCCNC1CCC2(CC1)OCCO2. The largest absolute Gasteiger partial charge is 0.348 e. The number of carbonyl (C=O) groups excluding carboxylic acids is 1. The lowest BCUT2D eigenvalue weighted by molar-refractivity contribution is -0.179. The fourth-order valence-electron chi connectivity index (χ4n) is 3.89. The van der Waals surface area contributed by atoms with Crippen molar-refractivity contribution in [3.8, 4) is 0 Å². The van der Waals surface area contributed by atoms with E-state index in [1.165, 1.54) is 25.7 Å². The average molecular weight is 355 g/mol. The highest BCUT2D eigenvalue weighted by Gasteiger charge is 2.39. The lowest BCUT2D eigenvalue weighted by atomic mass is 9.90. The molecule has 1 saturated heterocycles. The quantitative estimate of drug-likeness (QED) is 0.767. The summed E-state index contributed by atoms with van der Waals surface area (Å²) in [6.07, 6.45) is 10.6. The van der Waals surface area contributed by atoms with E-state index in [4.69, 9.17) is 9.47 Å². The van der Waals surface area contributed by atoms with E-state index in [0.29, 0.717) is 17.9 Å². The Morgan fingerprint density at radius 2 is 1.36 bits per heavy atom. The maximum atomic E-state index is 10.9. The van der Waals surface area contributed by atoms with Gasteiger partial charge in [-0.1, -0.05) is 13.8 Å². The third-order valence-electron chi connectivity index (χ3n) is 5.47. The molecule has 0 aromatic carbocycles. The van der Waals surface area contributed by atoms with Crippen LogP contribution in [0.5, 0.6) is 0 Å². The number of ketones is 1. The molecule has 0 unspecified atom stereocenters. The molecule has 2 N–H and O–H groups in total. The van der Waals surface area contributed by atoms with E-state index in [0.717, 1.165) is 64.8 Å². The Bertz CT molecular complexity index is 363. The van der Waals surface area contributed by atoms with E-state index in [-0.39, 0.29) is 5.79 Å². The second-order valence-electron chi connectivity index (χ2n) is 7.60. The van der Waals surface area contributed by atoms with Gasteiger partial charge in [0.25, 0.3) is 0 Å². The van der Waals surface area contributed by atoms with E-state index in [2.05, 4.69) is 24.5 Å². The Balaban J connectivity index is 0.000000186. The standard InChI is InChI=1S/C11H21NO2.C9H17NO/c1-2-7-12-10-3-5-11(6-4-10)13-8-9-14-11;1-2-7-10-8-3-5-9(11)6-4-8/h10,12H,2-9H2,1H3;8,10H,2-7H2,1H3. The molecule has 0 aromatic heterocycles. The summed E-state index contributed by atoms with van der Waals surface area (Å²) in [6, 6.07) is 1.31. The van der Waals surface area contributed by atoms with Crippen LogP contribution >= 0.6 is 0 Å². The van der Waals surface area contributed by atoms with Crippen molar-refractivity contribution in [3.63, 3.8) is 0 Å². The van der Waals surface area contributed by atoms with Gasteiger partial charge in [-0.15, -0.1) is 0 Å². The topological polar surface area (TPSA) is 59.6 Å². The highest BCUT2D eigenvalue weighted by Crippen LogP contribution is 2.35. The molecule has 1 spiro atoms. The molecular formula is C20H38N2O3. The van der Waals surface area contributed by atoms with Gasteiger partial charge in [0.2, 0.25) is 0 Å². The normalized spacial score (nSPS) is 24.3. The highest BCUT2D eigenvalue weighted by molar-refractivity contribution is 5.79. The Morgan fingerprint density at radius 1 is 0.880 bits per heavy atom. The number of hydrogen-bond donors (Lipinski definition) is 2. The van der Waals surface area contributed by atoms with Crippen molar-refractivity contribution in [1.82, 2.24) is 10.6 Å². The summed E-state index contributed by atoms with van der Waals surface area (Å²) in [4.78, 5) is 10.9. The van der Waals surface area contributed by atoms with Gasteiger partial charge in [0.1, 0.15) is 5.78 Å². The third kappa shape index (κ3) is 7.33. The van der Waals surface area contributed by atoms with Crippen molar-refractivity contribution in [2.75, 3.05) is 26.3 Å². The second kappa shape index (κ2) is 11.3. The molecule has 1 heterocycles. The first-order valence-corrected chi connectivity index (χ1v) is 10.4. The molecule has 0 aromatic rings. The Hall–Kier alpha value is -0.490. The monoisotopic (exact) mass is 354 g/mol. The highest BCUT2D eigenvalue weighted by atomic mass is 16.7. The maximum Gasteiger partial charge on any atom is 0.168 e. The first-order valence-electron chi connectivity index (χ1n) is 10.4. The summed E-state index contributed by atoms with van der Waals surface area (Å²) in [6.45, 7) is 8.18. The summed E-state index contributed by atoms with van der Waals surface area (Å²) < 4.78 is 11.4. The fourth-order valence-corrected chi connectivity index (χ4v) is 3.89. The Morgan fingerprint density at radius 3 is 1.84 bits per heavy atom. The van der Waals surface area contributed by atoms with Gasteiger partial charge in [-0.05, 0) is 51.6 Å². The number of Topliss-reactive ketones (excluding diaryl/α,β-unsaturated/α-hetero) is 1. The summed E-state index contributed by atoms with van der Waals surface area (Å²) in [5, 5.41) is 7.01. The minimum Gasteiger partial charge on any atom is -0.348 e. The molecule has 0 amide bonds. The summed E-state index contributed by atoms with van der Waals surface area (Å²) in [5.74, 6) is 0.254. The maximum absolute atomic E-state index is 10.9. The molecule has 2 aliphatic carbocycles. The van der Waals surface area contributed by atoms with Crippen molar-refractivity contribution in [2.45, 2.75) is 95.9 Å². The van der Waals surface area contributed by atoms with E-state index in [1.54, 1.807) is 0 Å². The van der Waals surface area contributed by atoms with Crippen LogP contribution < -0.4 is 10.6 Å². The van der Waals surface area contributed by atoms with Gasteiger partial charge >= 0.3 is 0 Å². The first-order chi connectivity index (χ1) is 12.2. The molecule has 5 nitrogen and oxygen atoms in total.